The lowest BCUT2D eigenvalue weighted by atomic mass is 10.1. The minimum Gasteiger partial charge on any atom is -0.480 e. The highest BCUT2D eigenvalue weighted by Crippen LogP contribution is 2.20. The standard InChI is InChI=1S/C10H8N2O6S/c13-8(14)4-19(17,18)12-5-1-2-6-7(3-5)10(16)11-9(6)15/h1-3,12H,4H2,(H,13,14)(H,11,15,16). The highest BCUT2D eigenvalue weighted by Gasteiger charge is 2.27. The second-order valence-corrected chi connectivity index (χ2v) is 5.52. The molecule has 1 aromatic carbocycles. The molecule has 9 heteroatoms. The number of benzene rings is 1. The summed E-state index contributed by atoms with van der Waals surface area (Å²) in [5, 5.41) is 10.5. The van der Waals surface area contributed by atoms with Crippen LogP contribution < -0.4 is 10.0 Å². The third-order valence-electron chi connectivity index (χ3n) is 2.32. The van der Waals surface area contributed by atoms with Crippen LogP contribution in [0, 0.1) is 0 Å². The van der Waals surface area contributed by atoms with Crippen LogP contribution in [0.5, 0.6) is 0 Å². The molecule has 0 atom stereocenters. The number of imide groups is 1. The SMILES string of the molecule is O=C(O)CS(=O)(=O)Nc1ccc2c(c1)C(=O)NC2=O. The van der Waals surface area contributed by atoms with E-state index in [-0.39, 0.29) is 16.8 Å². The summed E-state index contributed by atoms with van der Waals surface area (Å²) in [4.78, 5) is 33.0. The van der Waals surface area contributed by atoms with Crippen LogP contribution in [0.1, 0.15) is 20.7 Å². The van der Waals surface area contributed by atoms with Crippen LogP contribution >= 0.6 is 0 Å². The van der Waals surface area contributed by atoms with Crippen LogP contribution in [0.25, 0.3) is 0 Å². The van der Waals surface area contributed by atoms with Gasteiger partial charge in [0.15, 0.2) is 5.75 Å². The zero-order valence-electron chi connectivity index (χ0n) is 9.34. The number of amides is 2. The Morgan fingerprint density at radius 2 is 1.84 bits per heavy atom. The molecular weight excluding hydrogens is 276 g/mol. The number of nitrogens with one attached hydrogen (secondary N) is 2. The van der Waals surface area contributed by atoms with Crippen LogP contribution in [-0.2, 0) is 14.8 Å². The quantitative estimate of drug-likeness (QED) is 0.633. The number of hydrogen-bond acceptors (Lipinski definition) is 5. The van der Waals surface area contributed by atoms with Gasteiger partial charge < -0.3 is 5.11 Å². The van der Waals surface area contributed by atoms with Crippen molar-refractivity contribution in [2.45, 2.75) is 0 Å². The van der Waals surface area contributed by atoms with E-state index >= 15 is 0 Å². The molecular formula is C10H8N2O6S. The van der Waals surface area contributed by atoms with Crippen molar-refractivity contribution in [1.82, 2.24) is 5.32 Å². The first-order chi connectivity index (χ1) is 8.78. The smallest absolute Gasteiger partial charge is 0.320 e. The maximum Gasteiger partial charge on any atom is 0.320 e. The average molecular weight is 284 g/mol. The minimum absolute atomic E-state index is 0.0184. The van der Waals surface area contributed by atoms with Crippen molar-refractivity contribution in [2.75, 3.05) is 10.5 Å². The lowest BCUT2D eigenvalue weighted by Crippen LogP contribution is -2.22. The maximum absolute atomic E-state index is 11.4. The van der Waals surface area contributed by atoms with Gasteiger partial charge in [-0.15, -0.1) is 0 Å². The summed E-state index contributed by atoms with van der Waals surface area (Å²) < 4.78 is 24.8. The molecule has 0 radical (unpaired) electrons. The van der Waals surface area contributed by atoms with Crippen molar-refractivity contribution in [3.63, 3.8) is 0 Å². The summed E-state index contributed by atoms with van der Waals surface area (Å²) in [6, 6.07) is 3.74. The predicted octanol–water partition coefficient (Wildman–Crippen LogP) is -0.603. The van der Waals surface area contributed by atoms with Crippen molar-refractivity contribution < 1.29 is 27.9 Å². The van der Waals surface area contributed by atoms with Gasteiger partial charge in [0, 0.05) is 5.69 Å². The molecule has 1 aromatic rings. The third-order valence-corrected chi connectivity index (χ3v) is 3.50. The first-order valence-corrected chi connectivity index (χ1v) is 6.66. The van der Waals surface area contributed by atoms with Crippen molar-refractivity contribution in [1.29, 1.82) is 0 Å². The van der Waals surface area contributed by atoms with Crippen molar-refractivity contribution in [3.05, 3.63) is 29.3 Å². The molecule has 1 heterocycles. The Balaban J connectivity index is 2.30. The van der Waals surface area contributed by atoms with Crippen LogP contribution in [-0.4, -0.2) is 37.1 Å². The third kappa shape index (κ3) is 2.71. The van der Waals surface area contributed by atoms with E-state index in [0.29, 0.717) is 0 Å². The van der Waals surface area contributed by atoms with Crippen molar-refractivity contribution >= 4 is 33.5 Å². The zero-order valence-corrected chi connectivity index (χ0v) is 10.2. The summed E-state index contributed by atoms with van der Waals surface area (Å²) in [6.07, 6.45) is 0. The summed E-state index contributed by atoms with van der Waals surface area (Å²) in [5.41, 5.74) is 0.205. The Morgan fingerprint density at radius 1 is 1.21 bits per heavy atom. The summed E-state index contributed by atoms with van der Waals surface area (Å²) in [7, 11) is -4.05. The molecule has 0 spiro atoms. The number of carboxylic acids is 1. The van der Waals surface area contributed by atoms with E-state index in [0.717, 1.165) is 0 Å². The average Bonchev–Trinajstić information content (AvgIpc) is 2.51. The normalized spacial score (nSPS) is 13.9. The lowest BCUT2D eigenvalue weighted by Gasteiger charge is -2.06. The van der Waals surface area contributed by atoms with E-state index in [1.807, 2.05) is 4.72 Å². The summed E-state index contributed by atoms with van der Waals surface area (Å²) >= 11 is 0. The van der Waals surface area contributed by atoms with Crippen LogP contribution in [0.15, 0.2) is 18.2 Å². The van der Waals surface area contributed by atoms with Gasteiger partial charge in [0.25, 0.3) is 11.8 Å². The van der Waals surface area contributed by atoms with Crippen molar-refractivity contribution in [2.24, 2.45) is 0 Å². The van der Waals surface area contributed by atoms with Gasteiger partial charge in [0.1, 0.15) is 0 Å². The number of carbonyl (C=O) groups is 3. The number of rotatable bonds is 4. The molecule has 0 bridgehead atoms. The summed E-state index contributed by atoms with van der Waals surface area (Å²) in [6.45, 7) is 0. The van der Waals surface area contributed by atoms with Crippen LogP contribution in [0.3, 0.4) is 0 Å². The van der Waals surface area contributed by atoms with E-state index < -0.39 is 33.6 Å². The second kappa shape index (κ2) is 4.35. The first kappa shape index (κ1) is 13.0. The number of aliphatic carboxylic acids is 1. The molecule has 0 saturated carbocycles. The van der Waals surface area contributed by atoms with Crippen LogP contribution in [0.2, 0.25) is 0 Å². The van der Waals surface area contributed by atoms with Crippen molar-refractivity contribution in [3.8, 4) is 0 Å². The molecule has 0 aliphatic carbocycles. The predicted molar refractivity (Wildman–Crippen MR) is 63.3 cm³/mol. The maximum atomic E-state index is 11.4. The lowest BCUT2D eigenvalue weighted by molar-refractivity contribution is -0.134. The molecule has 19 heavy (non-hydrogen) atoms. The van der Waals surface area contributed by atoms with Gasteiger partial charge in [0.2, 0.25) is 10.0 Å². The molecule has 8 nitrogen and oxygen atoms in total. The van der Waals surface area contributed by atoms with Gasteiger partial charge >= 0.3 is 5.97 Å². The second-order valence-electron chi connectivity index (χ2n) is 3.80. The molecule has 0 saturated heterocycles. The van der Waals surface area contributed by atoms with Gasteiger partial charge in [0.05, 0.1) is 11.1 Å². The molecule has 1 aliphatic rings. The molecule has 0 unspecified atom stereocenters. The van der Waals surface area contributed by atoms with Gasteiger partial charge in [-0.1, -0.05) is 0 Å². The molecule has 3 N–H and O–H groups in total. The summed E-state index contributed by atoms with van der Waals surface area (Å²) in [5.74, 6) is -3.77. The molecule has 1 aliphatic heterocycles. The molecule has 100 valence electrons. The van der Waals surface area contributed by atoms with Gasteiger partial charge in [-0.2, -0.15) is 0 Å². The number of fused-ring (bicyclic) bond motifs is 1. The Morgan fingerprint density at radius 3 is 2.47 bits per heavy atom. The van der Waals surface area contributed by atoms with E-state index in [2.05, 4.69) is 5.32 Å². The highest BCUT2D eigenvalue weighted by molar-refractivity contribution is 7.93. The van der Waals surface area contributed by atoms with Gasteiger partial charge in [-0.05, 0) is 18.2 Å². The number of carbonyl (C=O) groups excluding carboxylic acids is 2. The fraction of sp³-hybridized carbons (Fsp3) is 0.100. The molecule has 0 aromatic heterocycles. The zero-order chi connectivity index (χ0) is 14.2. The van der Waals surface area contributed by atoms with Crippen LogP contribution in [0.4, 0.5) is 5.69 Å². The Hall–Kier alpha value is -2.42. The number of anilines is 1. The number of carboxylic acid groups (broad SMARTS) is 1. The fourth-order valence-electron chi connectivity index (χ4n) is 1.61. The monoisotopic (exact) mass is 284 g/mol. The fourth-order valence-corrected chi connectivity index (χ4v) is 2.49. The molecule has 2 rings (SSSR count). The van der Waals surface area contributed by atoms with Gasteiger partial charge in [-0.3, -0.25) is 24.4 Å². The minimum atomic E-state index is -4.05. The largest absolute Gasteiger partial charge is 0.480 e. The van der Waals surface area contributed by atoms with E-state index in [9.17, 15) is 22.8 Å². The Bertz CT molecular complexity index is 694. The number of hydrogen-bond donors (Lipinski definition) is 3. The Labute approximate surface area is 107 Å². The van der Waals surface area contributed by atoms with Gasteiger partial charge in [-0.25, -0.2) is 8.42 Å². The molecule has 0 fully saturated rings. The van der Waals surface area contributed by atoms with E-state index in [1.165, 1.54) is 18.2 Å². The highest BCUT2D eigenvalue weighted by atomic mass is 32.2. The first-order valence-electron chi connectivity index (χ1n) is 5.00. The Kier molecular flexibility index (Phi) is 2.98. The van der Waals surface area contributed by atoms with E-state index in [1.54, 1.807) is 0 Å². The molecule has 2 amide bonds. The van der Waals surface area contributed by atoms with E-state index in [4.69, 9.17) is 5.11 Å². The number of sulfonamides is 1. The topological polar surface area (TPSA) is 130 Å².